The lowest BCUT2D eigenvalue weighted by atomic mass is 10.00. The molecule has 0 saturated carbocycles. The largest absolute Gasteiger partial charge is 0.303 e. The quantitative estimate of drug-likeness (QED) is 0.854. The topological polar surface area (TPSA) is 12.0 Å². The van der Waals surface area contributed by atoms with E-state index in [0.29, 0.717) is 0 Å². The van der Waals surface area contributed by atoms with Crippen molar-refractivity contribution in [2.75, 3.05) is 0 Å². The van der Waals surface area contributed by atoms with Crippen LogP contribution in [0.5, 0.6) is 0 Å². The molecule has 106 valence electrons. The maximum atomic E-state index is 13.8. The molecule has 0 aliphatic heterocycles. The number of nitrogens with one attached hydrogen (secondary N) is 1. The van der Waals surface area contributed by atoms with Gasteiger partial charge in [0.25, 0.3) is 0 Å². The Morgan fingerprint density at radius 2 is 1.45 bits per heavy atom. The molecule has 2 rings (SSSR count). The van der Waals surface area contributed by atoms with Gasteiger partial charge in [0, 0.05) is 17.6 Å². The first kappa shape index (κ1) is 14.7. The van der Waals surface area contributed by atoms with Crippen molar-refractivity contribution in [3.63, 3.8) is 0 Å². The van der Waals surface area contributed by atoms with Crippen molar-refractivity contribution in [1.29, 1.82) is 0 Å². The first-order valence-electron chi connectivity index (χ1n) is 6.76. The summed E-state index contributed by atoms with van der Waals surface area (Å²) in [5, 5.41) is 3.25. The van der Waals surface area contributed by atoms with Crippen LogP contribution >= 0.6 is 0 Å². The number of hydrogen-bond donors (Lipinski definition) is 1. The summed E-state index contributed by atoms with van der Waals surface area (Å²) in [5.41, 5.74) is 2.39. The Morgan fingerprint density at radius 3 is 2.05 bits per heavy atom. The molecule has 3 heteroatoms. The molecule has 2 atom stereocenters. The third-order valence-electron chi connectivity index (χ3n) is 3.59. The highest BCUT2D eigenvalue weighted by Crippen LogP contribution is 2.25. The molecule has 0 bridgehead atoms. The average molecular weight is 275 g/mol. The lowest BCUT2D eigenvalue weighted by Gasteiger charge is -2.22. The molecular formula is C17H19F2N. The molecular weight excluding hydrogens is 256 g/mol. The van der Waals surface area contributed by atoms with Crippen LogP contribution < -0.4 is 5.32 Å². The standard InChI is InChI=1S/C17H19F2N/c1-11-7-4-5-8-14(11)12(2)20-13(3)17-15(18)9-6-10-16(17)19/h4-10,12-13,20H,1-3H3/t12-,13?/m0/s1. The first-order valence-corrected chi connectivity index (χ1v) is 6.76. The number of aryl methyl sites for hydroxylation is 1. The van der Waals surface area contributed by atoms with E-state index in [1.165, 1.54) is 18.2 Å². The molecule has 1 nitrogen and oxygen atoms in total. The third-order valence-corrected chi connectivity index (χ3v) is 3.59. The van der Waals surface area contributed by atoms with Crippen LogP contribution in [-0.2, 0) is 0 Å². The molecule has 1 unspecified atom stereocenters. The van der Waals surface area contributed by atoms with Gasteiger partial charge in [-0.1, -0.05) is 30.3 Å². The van der Waals surface area contributed by atoms with E-state index in [-0.39, 0.29) is 11.6 Å². The van der Waals surface area contributed by atoms with Gasteiger partial charge in [0.05, 0.1) is 0 Å². The molecule has 0 heterocycles. The van der Waals surface area contributed by atoms with Gasteiger partial charge < -0.3 is 5.32 Å². The Morgan fingerprint density at radius 1 is 0.850 bits per heavy atom. The molecule has 0 aliphatic rings. The zero-order valence-corrected chi connectivity index (χ0v) is 12.0. The summed E-state index contributed by atoms with van der Waals surface area (Å²) in [4.78, 5) is 0. The van der Waals surface area contributed by atoms with Crippen LogP contribution in [-0.4, -0.2) is 0 Å². The predicted octanol–water partition coefficient (Wildman–Crippen LogP) is 4.69. The van der Waals surface area contributed by atoms with Crippen LogP contribution in [0.15, 0.2) is 42.5 Å². The van der Waals surface area contributed by atoms with E-state index in [2.05, 4.69) is 5.32 Å². The second-order valence-electron chi connectivity index (χ2n) is 5.10. The number of hydrogen-bond acceptors (Lipinski definition) is 1. The van der Waals surface area contributed by atoms with Gasteiger partial charge in [-0.15, -0.1) is 0 Å². The van der Waals surface area contributed by atoms with Crippen LogP contribution in [0.3, 0.4) is 0 Å². The van der Waals surface area contributed by atoms with Gasteiger partial charge in [-0.3, -0.25) is 0 Å². The van der Waals surface area contributed by atoms with Crippen LogP contribution in [0.4, 0.5) is 8.78 Å². The van der Waals surface area contributed by atoms with Gasteiger partial charge in [0.1, 0.15) is 11.6 Å². The Kier molecular flexibility index (Phi) is 4.50. The van der Waals surface area contributed by atoms with Gasteiger partial charge in [-0.25, -0.2) is 8.78 Å². The summed E-state index contributed by atoms with van der Waals surface area (Å²) in [6.07, 6.45) is 0. The Bertz CT molecular complexity index is 575. The van der Waals surface area contributed by atoms with E-state index in [0.717, 1.165) is 11.1 Å². The second kappa shape index (κ2) is 6.14. The minimum absolute atomic E-state index is 0.0187. The zero-order valence-electron chi connectivity index (χ0n) is 12.0. The number of benzene rings is 2. The van der Waals surface area contributed by atoms with Crippen molar-refractivity contribution in [1.82, 2.24) is 5.32 Å². The van der Waals surface area contributed by atoms with Gasteiger partial charge in [0.15, 0.2) is 0 Å². The second-order valence-corrected chi connectivity index (χ2v) is 5.10. The lowest BCUT2D eigenvalue weighted by Crippen LogP contribution is -2.24. The zero-order chi connectivity index (χ0) is 14.7. The van der Waals surface area contributed by atoms with Crippen LogP contribution in [0.1, 0.15) is 42.6 Å². The van der Waals surface area contributed by atoms with E-state index in [4.69, 9.17) is 0 Å². The molecule has 2 aromatic carbocycles. The maximum absolute atomic E-state index is 13.8. The van der Waals surface area contributed by atoms with Gasteiger partial charge >= 0.3 is 0 Å². The molecule has 0 saturated heterocycles. The molecule has 0 fully saturated rings. The SMILES string of the molecule is Cc1ccccc1[C@H](C)NC(C)c1c(F)cccc1F. The highest BCUT2D eigenvalue weighted by Gasteiger charge is 2.18. The monoisotopic (exact) mass is 275 g/mol. The smallest absolute Gasteiger partial charge is 0.130 e. The molecule has 0 aliphatic carbocycles. The Hall–Kier alpha value is -1.74. The van der Waals surface area contributed by atoms with Crippen LogP contribution in [0, 0.1) is 18.6 Å². The molecule has 2 aromatic rings. The van der Waals surface area contributed by atoms with Crippen LogP contribution in [0.25, 0.3) is 0 Å². The summed E-state index contributed by atoms with van der Waals surface area (Å²) < 4.78 is 27.5. The summed E-state index contributed by atoms with van der Waals surface area (Å²) in [6.45, 7) is 5.80. The Labute approximate surface area is 118 Å². The average Bonchev–Trinajstić information content (AvgIpc) is 2.38. The molecule has 20 heavy (non-hydrogen) atoms. The van der Waals surface area contributed by atoms with E-state index in [9.17, 15) is 8.78 Å². The molecule has 1 N–H and O–H groups in total. The summed E-state index contributed by atoms with van der Waals surface area (Å²) in [5.74, 6) is -1.02. The van der Waals surface area contributed by atoms with Gasteiger partial charge in [-0.05, 0) is 44.0 Å². The van der Waals surface area contributed by atoms with E-state index >= 15 is 0 Å². The van der Waals surface area contributed by atoms with Crippen molar-refractivity contribution >= 4 is 0 Å². The molecule has 0 radical (unpaired) electrons. The fraction of sp³-hybridized carbons (Fsp3) is 0.294. The highest BCUT2D eigenvalue weighted by atomic mass is 19.1. The third kappa shape index (κ3) is 3.05. The van der Waals surface area contributed by atoms with E-state index in [1.807, 2.05) is 38.1 Å². The van der Waals surface area contributed by atoms with Crippen molar-refractivity contribution < 1.29 is 8.78 Å². The summed E-state index contributed by atoms with van der Waals surface area (Å²) in [7, 11) is 0. The van der Waals surface area contributed by atoms with Crippen molar-refractivity contribution in [3.05, 3.63) is 70.8 Å². The highest BCUT2D eigenvalue weighted by molar-refractivity contribution is 5.29. The van der Waals surface area contributed by atoms with E-state index < -0.39 is 17.7 Å². The van der Waals surface area contributed by atoms with Gasteiger partial charge in [0.2, 0.25) is 0 Å². The Balaban J connectivity index is 2.20. The lowest BCUT2D eigenvalue weighted by molar-refractivity contribution is 0.449. The van der Waals surface area contributed by atoms with Gasteiger partial charge in [-0.2, -0.15) is 0 Å². The summed E-state index contributed by atoms with van der Waals surface area (Å²) >= 11 is 0. The van der Waals surface area contributed by atoms with Crippen molar-refractivity contribution in [2.45, 2.75) is 32.9 Å². The number of halogens is 2. The summed E-state index contributed by atoms with van der Waals surface area (Å²) in [6, 6.07) is 11.6. The fourth-order valence-electron chi connectivity index (χ4n) is 2.55. The maximum Gasteiger partial charge on any atom is 0.130 e. The molecule has 0 spiro atoms. The van der Waals surface area contributed by atoms with Crippen LogP contribution in [0.2, 0.25) is 0 Å². The van der Waals surface area contributed by atoms with Crippen molar-refractivity contribution in [2.24, 2.45) is 0 Å². The van der Waals surface area contributed by atoms with Crippen molar-refractivity contribution in [3.8, 4) is 0 Å². The van der Waals surface area contributed by atoms with E-state index in [1.54, 1.807) is 6.92 Å². The number of rotatable bonds is 4. The predicted molar refractivity (Wildman–Crippen MR) is 77.5 cm³/mol. The minimum atomic E-state index is -0.512. The molecule has 0 amide bonds. The minimum Gasteiger partial charge on any atom is -0.303 e. The fourth-order valence-corrected chi connectivity index (χ4v) is 2.55. The normalized spacial score (nSPS) is 14.1. The molecule has 0 aromatic heterocycles. The first-order chi connectivity index (χ1) is 9.50.